The van der Waals surface area contributed by atoms with Gasteiger partial charge in [0, 0.05) is 24.5 Å². The van der Waals surface area contributed by atoms with Crippen molar-refractivity contribution in [1.82, 2.24) is 4.90 Å². The Kier molecular flexibility index (Phi) is 5.91. The predicted octanol–water partition coefficient (Wildman–Crippen LogP) is 4.10. The molecule has 0 aliphatic heterocycles. The zero-order valence-electron chi connectivity index (χ0n) is 12.1. The van der Waals surface area contributed by atoms with E-state index in [1.165, 1.54) is 0 Å². The van der Waals surface area contributed by atoms with Crippen LogP contribution in [0, 0.1) is 12.3 Å². The fourth-order valence-electron chi connectivity index (χ4n) is 1.57. The third-order valence-corrected chi connectivity index (χ3v) is 2.72. The van der Waals surface area contributed by atoms with Gasteiger partial charge in [0.25, 0.3) is 0 Å². The third-order valence-electron chi connectivity index (χ3n) is 2.46. The monoisotopic (exact) mass is 293 g/mol. The summed E-state index contributed by atoms with van der Waals surface area (Å²) in [5.41, 5.74) is 0.461. The van der Waals surface area contributed by atoms with E-state index < -0.39 is 5.60 Å². The summed E-state index contributed by atoms with van der Waals surface area (Å²) < 4.78 is 5.39. The number of hydrogen-bond donors (Lipinski definition) is 0. The highest BCUT2D eigenvalue weighted by molar-refractivity contribution is 6.30. The third kappa shape index (κ3) is 5.99. The van der Waals surface area contributed by atoms with Crippen molar-refractivity contribution in [1.29, 1.82) is 0 Å². The Bertz CT molecular complexity index is 483. The van der Waals surface area contributed by atoms with E-state index in [-0.39, 0.29) is 6.09 Å². The number of rotatable bonds is 4. The molecule has 0 saturated carbocycles. The van der Waals surface area contributed by atoms with Gasteiger partial charge in [-0.3, -0.25) is 0 Å². The van der Waals surface area contributed by atoms with Gasteiger partial charge in [-0.25, -0.2) is 4.79 Å². The molecular formula is C16H20ClNO2. The van der Waals surface area contributed by atoms with Crippen LogP contribution < -0.4 is 0 Å². The van der Waals surface area contributed by atoms with Gasteiger partial charge in [0.05, 0.1) is 0 Å². The summed E-state index contributed by atoms with van der Waals surface area (Å²) in [5.74, 6) is 2.54. The standard InChI is InChI=1S/C16H20ClNO2/c1-5-6-11-18(15(19)20-16(2,3)4)12-13-7-9-14(17)10-8-13/h1,7-10H,6,11-12H2,2-4H3. The van der Waals surface area contributed by atoms with Gasteiger partial charge in [0.2, 0.25) is 0 Å². The van der Waals surface area contributed by atoms with Crippen molar-refractivity contribution in [2.75, 3.05) is 6.54 Å². The van der Waals surface area contributed by atoms with Gasteiger partial charge in [-0.05, 0) is 38.5 Å². The lowest BCUT2D eigenvalue weighted by atomic mass is 10.2. The largest absolute Gasteiger partial charge is 0.444 e. The number of hydrogen-bond acceptors (Lipinski definition) is 2. The van der Waals surface area contributed by atoms with Gasteiger partial charge >= 0.3 is 6.09 Å². The molecule has 0 heterocycles. The van der Waals surface area contributed by atoms with Crippen LogP contribution in [0.3, 0.4) is 0 Å². The van der Waals surface area contributed by atoms with Crippen LogP contribution in [0.4, 0.5) is 4.79 Å². The van der Waals surface area contributed by atoms with Crippen molar-refractivity contribution in [2.24, 2.45) is 0 Å². The minimum Gasteiger partial charge on any atom is -0.444 e. The van der Waals surface area contributed by atoms with Crippen LogP contribution in [0.15, 0.2) is 24.3 Å². The number of ether oxygens (including phenoxy) is 1. The van der Waals surface area contributed by atoms with Gasteiger partial charge < -0.3 is 9.64 Å². The topological polar surface area (TPSA) is 29.5 Å². The maximum Gasteiger partial charge on any atom is 0.410 e. The van der Waals surface area contributed by atoms with E-state index in [1.807, 2.05) is 32.9 Å². The highest BCUT2D eigenvalue weighted by atomic mass is 35.5. The van der Waals surface area contributed by atoms with Crippen LogP contribution in [0.2, 0.25) is 5.02 Å². The van der Waals surface area contributed by atoms with Crippen LogP contribution in [0.5, 0.6) is 0 Å². The summed E-state index contributed by atoms with van der Waals surface area (Å²) in [7, 11) is 0. The lowest BCUT2D eigenvalue weighted by Gasteiger charge is -2.27. The number of carbonyl (C=O) groups is 1. The maximum atomic E-state index is 12.1. The maximum absolute atomic E-state index is 12.1. The van der Waals surface area contributed by atoms with E-state index >= 15 is 0 Å². The average Bonchev–Trinajstić information content (AvgIpc) is 2.34. The van der Waals surface area contributed by atoms with Crippen LogP contribution in [0.25, 0.3) is 0 Å². The molecule has 4 heteroatoms. The van der Waals surface area contributed by atoms with E-state index in [2.05, 4.69) is 5.92 Å². The number of carbonyl (C=O) groups excluding carboxylic acids is 1. The fourth-order valence-corrected chi connectivity index (χ4v) is 1.70. The number of terminal acetylenes is 1. The highest BCUT2D eigenvalue weighted by Gasteiger charge is 2.21. The molecule has 1 aromatic rings. The summed E-state index contributed by atoms with van der Waals surface area (Å²) in [5, 5.41) is 0.668. The Labute approximate surface area is 125 Å². The van der Waals surface area contributed by atoms with Gasteiger partial charge in [-0.1, -0.05) is 23.7 Å². The second kappa shape index (κ2) is 7.21. The van der Waals surface area contributed by atoms with E-state index in [4.69, 9.17) is 22.8 Å². The summed E-state index contributed by atoms with van der Waals surface area (Å²) in [6.45, 7) is 6.44. The van der Waals surface area contributed by atoms with Crippen LogP contribution in [-0.4, -0.2) is 23.1 Å². The molecule has 0 unspecified atom stereocenters. The Morgan fingerprint density at radius 2 is 1.95 bits per heavy atom. The normalized spacial score (nSPS) is 10.8. The molecule has 0 atom stereocenters. The molecule has 0 aromatic heterocycles. The first kappa shape index (κ1) is 16.4. The van der Waals surface area contributed by atoms with E-state index in [0.717, 1.165) is 5.56 Å². The van der Waals surface area contributed by atoms with Gasteiger partial charge in [0.15, 0.2) is 0 Å². The lowest BCUT2D eigenvalue weighted by molar-refractivity contribution is 0.0238. The van der Waals surface area contributed by atoms with Crippen molar-refractivity contribution < 1.29 is 9.53 Å². The van der Waals surface area contributed by atoms with Crippen molar-refractivity contribution >= 4 is 17.7 Å². The summed E-state index contributed by atoms with van der Waals surface area (Å²) in [6.07, 6.45) is 5.41. The lowest BCUT2D eigenvalue weighted by Crippen LogP contribution is -2.37. The highest BCUT2D eigenvalue weighted by Crippen LogP contribution is 2.15. The molecule has 20 heavy (non-hydrogen) atoms. The quantitative estimate of drug-likeness (QED) is 0.782. The molecule has 0 aliphatic rings. The second-order valence-corrected chi connectivity index (χ2v) is 5.92. The molecule has 0 fully saturated rings. The van der Waals surface area contributed by atoms with Gasteiger partial charge in [-0.2, -0.15) is 0 Å². The number of amides is 1. The van der Waals surface area contributed by atoms with E-state index in [0.29, 0.717) is 24.5 Å². The molecule has 0 aliphatic carbocycles. The van der Waals surface area contributed by atoms with E-state index in [9.17, 15) is 4.79 Å². The van der Waals surface area contributed by atoms with Gasteiger partial charge in [-0.15, -0.1) is 12.3 Å². The minimum atomic E-state index is -0.522. The molecular weight excluding hydrogens is 274 g/mol. The molecule has 1 rings (SSSR count). The summed E-state index contributed by atoms with van der Waals surface area (Å²) in [4.78, 5) is 13.8. The van der Waals surface area contributed by atoms with Crippen molar-refractivity contribution in [3.8, 4) is 12.3 Å². The molecule has 0 saturated heterocycles. The Morgan fingerprint density at radius 1 is 1.35 bits per heavy atom. The van der Waals surface area contributed by atoms with Crippen LogP contribution in [0.1, 0.15) is 32.8 Å². The number of benzene rings is 1. The second-order valence-electron chi connectivity index (χ2n) is 5.48. The summed E-state index contributed by atoms with van der Waals surface area (Å²) in [6, 6.07) is 7.36. The molecule has 0 spiro atoms. The molecule has 0 N–H and O–H groups in total. The zero-order chi connectivity index (χ0) is 15.2. The Hall–Kier alpha value is -1.66. The Morgan fingerprint density at radius 3 is 2.45 bits per heavy atom. The SMILES string of the molecule is C#CCCN(Cc1ccc(Cl)cc1)C(=O)OC(C)(C)C. The minimum absolute atomic E-state index is 0.359. The first-order chi connectivity index (χ1) is 9.31. The molecule has 0 bridgehead atoms. The van der Waals surface area contributed by atoms with Crippen molar-refractivity contribution in [3.63, 3.8) is 0 Å². The number of halogens is 1. The van der Waals surface area contributed by atoms with Crippen molar-refractivity contribution in [3.05, 3.63) is 34.9 Å². The predicted molar refractivity (Wildman–Crippen MR) is 81.5 cm³/mol. The fraction of sp³-hybridized carbons (Fsp3) is 0.438. The summed E-state index contributed by atoms with van der Waals surface area (Å²) >= 11 is 5.85. The molecule has 1 amide bonds. The van der Waals surface area contributed by atoms with Crippen molar-refractivity contribution in [2.45, 2.75) is 39.3 Å². The smallest absolute Gasteiger partial charge is 0.410 e. The molecule has 0 radical (unpaired) electrons. The molecule has 108 valence electrons. The first-order valence-electron chi connectivity index (χ1n) is 6.47. The zero-order valence-corrected chi connectivity index (χ0v) is 12.9. The van der Waals surface area contributed by atoms with Crippen LogP contribution in [-0.2, 0) is 11.3 Å². The van der Waals surface area contributed by atoms with Gasteiger partial charge in [0.1, 0.15) is 5.60 Å². The van der Waals surface area contributed by atoms with Crippen LogP contribution >= 0.6 is 11.6 Å². The Balaban J connectivity index is 2.76. The molecule has 3 nitrogen and oxygen atoms in total. The average molecular weight is 294 g/mol. The van der Waals surface area contributed by atoms with E-state index in [1.54, 1.807) is 17.0 Å². The number of nitrogens with zero attached hydrogens (tertiary/aromatic N) is 1. The molecule has 1 aromatic carbocycles. The first-order valence-corrected chi connectivity index (χ1v) is 6.85.